The summed E-state index contributed by atoms with van der Waals surface area (Å²) in [5, 5.41) is 7.55. The van der Waals surface area contributed by atoms with E-state index in [1.807, 2.05) is 99.6 Å². The minimum absolute atomic E-state index is 0.169. The van der Waals surface area contributed by atoms with Crippen LogP contribution in [0.15, 0.2) is 71.8 Å². The summed E-state index contributed by atoms with van der Waals surface area (Å²) >= 11 is 0. The Morgan fingerprint density at radius 3 is 2.33 bits per heavy atom. The first-order valence-electron chi connectivity index (χ1n) is 11.6. The third-order valence-electron chi connectivity index (χ3n) is 6.20. The number of nitrogens with zero attached hydrogens (tertiary/aromatic N) is 5. The zero-order valence-corrected chi connectivity index (χ0v) is 20.6. The van der Waals surface area contributed by atoms with Crippen molar-refractivity contribution in [3.8, 4) is 0 Å². The highest BCUT2D eigenvalue weighted by molar-refractivity contribution is 6.16. The van der Waals surface area contributed by atoms with Crippen LogP contribution < -0.4 is 16.0 Å². The fourth-order valence-corrected chi connectivity index (χ4v) is 3.98. The van der Waals surface area contributed by atoms with E-state index in [9.17, 15) is 4.79 Å². The molecule has 180 valence electrons. The maximum Gasteiger partial charge on any atom is 0.261 e. The molecule has 0 saturated heterocycles. The first kappa shape index (κ1) is 23.0. The minimum atomic E-state index is -0.366. The van der Waals surface area contributed by atoms with Crippen molar-refractivity contribution in [2.75, 3.05) is 30.0 Å². The SMILES string of the molecule is Cc1ccc(NC(=O)c2c(N)n(/N=C\c3ccc(N(C)C)cc3)c3nc4ccccc4nc23)cc1C. The molecule has 0 bridgehead atoms. The van der Waals surface area contributed by atoms with Crippen molar-refractivity contribution in [1.29, 1.82) is 0 Å². The molecule has 0 radical (unpaired) electrons. The van der Waals surface area contributed by atoms with Gasteiger partial charge in [-0.3, -0.25) is 4.79 Å². The Morgan fingerprint density at radius 1 is 0.972 bits per heavy atom. The molecule has 36 heavy (non-hydrogen) atoms. The van der Waals surface area contributed by atoms with Gasteiger partial charge in [0.2, 0.25) is 0 Å². The monoisotopic (exact) mass is 477 g/mol. The maximum absolute atomic E-state index is 13.4. The van der Waals surface area contributed by atoms with Crippen LogP contribution >= 0.6 is 0 Å². The van der Waals surface area contributed by atoms with Gasteiger partial charge >= 0.3 is 0 Å². The van der Waals surface area contributed by atoms with Crippen LogP contribution in [0.4, 0.5) is 17.2 Å². The molecule has 1 amide bonds. The number of hydrogen-bond acceptors (Lipinski definition) is 6. The second-order valence-corrected chi connectivity index (χ2v) is 8.94. The summed E-state index contributed by atoms with van der Waals surface area (Å²) in [6.07, 6.45) is 1.69. The molecule has 0 fully saturated rings. The van der Waals surface area contributed by atoms with E-state index in [0.717, 1.165) is 22.4 Å². The van der Waals surface area contributed by atoms with Crippen LogP contribution in [0, 0.1) is 13.8 Å². The van der Waals surface area contributed by atoms with Crippen molar-refractivity contribution in [2.45, 2.75) is 13.8 Å². The number of nitrogens with two attached hydrogens (primary N) is 1. The number of aryl methyl sites for hydroxylation is 2. The lowest BCUT2D eigenvalue weighted by atomic mass is 10.1. The van der Waals surface area contributed by atoms with Gasteiger partial charge in [-0.25, -0.2) is 9.97 Å². The van der Waals surface area contributed by atoms with Crippen molar-refractivity contribution in [3.05, 3.63) is 89.0 Å². The molecule has 0 aliphatic heterocycles. The highest BCUT2D eigenvalue weighted by atomic mass is 16.1. The fraction of sp³-hybridized carbons (Fsp3) is 0.143. The number of para-hydroxylation sites is 2. The van der Waals surface area contributed by atoms with E-state index >= 15 is 0 Å². The zero-order chi connectivity index (χ0) is 25.4. The Kier molecular flexibility index (Phi) is 5.85. The first-order valence-corrected chi connectivity index (χ1v) is 11.6. The number of nitrogens with one attached hydrogen (secondary N) is 1. The van der Waals surface area contributed by atoms with Crippen LogP contribution in [0.5, 0.6) is 0 Å². The van der Waals surface area contributed by atoms with Gasteiger partial charge in [-0.05, 0) is 66.9 Å². The second kappa shape index (κ2) is 9.14. The third-order valence-corrected chi connectivity index (χ3v) is 6.20. The molecule has 5 aromatic rings. The summed E-state index contributed by atoms with van der Waals surface area (Å²) in [5.74, 6) is -0.197. The smallest absolute Gasteiger partial charge is 0.261 e. The zero-order valence-electron chi connectivity index (χ0n) is 20.6. The van der Waals surface area contributed by atoms with Crippen LogP contribution in [-0.2, 0) is 0 Å². The van der Waals surface area contributed by atoms with Crippen LogP contribution in [0.2, 0.25) is 0 Å². The normalized spacial score (nSPS) is 11.4. The number of rotatable bonds is 5. The van der Waals surface area contributed by atoms with Gasteiger partial charge in [0.1, 0.15) is 16.9 Å². The molecule has 0 atom stereocenters. The Morgan fingerprint density at radius 2 is 1.67 bits per heavy atom. The molecule has 0 saturated carbocycles. The summed E-state index contributed by atoms with van der Waals surface area (Å²) in [5.41, 5.74) is 13.8. The molecule has 5 rings (SSSR count). The van der Waals surface area contributed by atoms with Gasteiger partial charge < -0.3 is 16.0 Å². The highest BCUT2D eigenvalue weighted by Gasteiger charge is 2.24. The number of carbonyl (C=O) groups excluding carboxylic acids is 1. The van der Waals surface area contributed by atoms with Crippen LogP contribution in [-0.4, -0.2) is 40.9 Å². The van der Waals surface area contributed by atoms with Crippen LogP contribution in [0.3, 0.4) is 0 Å². The van der Waals surface area contributed by atoms with Gasteiger partial charge in [0.25, 0.3) is 5.91 Å². The third kappa shape index (κ3) is 4.24. The van der Waals surface area contributed by atoms with Crippen LogP contribution in [0.1, 0.15) is 27.0 Å². The van der Waals surface area contributed by atoms with E-state index in [1.165, 1.54) is 4.68 Å². The van der Waals surface area contributed by atoms with Gasteiger partial charge in [0.15, 0.2) is 5.65 Å². The highest BCUT2D eigenvalue weighted by Crippen LogP contribution is 2.29. The predicted octanol–water partition coefficient (Wildman–Crippen LogP) is 4.98. The molecule has 0 spiro atoms. The first-order chi connectivity index (χ1) is 17.3. The van der Waals surface area contributed by atoms with E-state index in [0.29, 0.717) is 27.9 Å². The Balaban J connectivity index is 1.61. The Labute approximate surface area is 209 Å². The molecule has 2 aromatic heterocycles. The molecular weight excluding hydrogens is 450 g/mol. The molecule has 8 heteroatoms. The van der Waals surface area contributed by atoms with Crippen molar-refractivity contribution in [2.24, 2.45) is 5.10 Å². The number of hydrogen-bond donors (Lipinski definition) is 2. The molecule has 0 aliphatic carbocycles. The van der Waals surface area contributed by atoms with Gasteiger partial charge in [-0.15, -0.1) is 0 Å². The van der Waals surface area contributed by atoms with Gasteiger partial charge in [0.05, 0.1) is 17.2 Å². The summed E-state index contributed by atoms with van der Waals surface area (Å²) in [6.45, 7) is 4.03. The topological polar surface area (TPSA) is 101 Å². The lowest BCUT2D eigenvalue weighted by Crippen LogP contribution is -2.14. The van der Waals surface area contributed by atoms with Crippen LogP contribution in [0.25, 0.3) is 22.2 Å². The quantitative estimate of drug-likeness (QED) is 0.348. The molecule has 0 unspecified atom stereocenters. The Hall–Kier alpha value is -4.72. The largest absolute Gasteiger partial charge is 0.383 e. The van der Waals surface area contributed by atoms with E-state index in [2.05, 4.69) is 10.4 Å². The summed E-state index contributed by atoms with van der Waals surface area (Å²) < 4.78 is 1.48. The molecule has 8 nitrogen and oxygen atoms in total. The molecule has 2 heterocycles. The average Bonchev–Trinajstić information content (AvgIpc) is 3.13. The van der Waals surface area contributed by atoms with E-state index in [1.54, 1.807) is 6.21 Å². The average molecular weight is 478 g/mol. The minimum Gasteiger partial charge on any atom is -0.383 e. The van der Waals surface area contributed by atoms with E-state index < -0.39 is 0 Å². The molecule has 0 aliphatic rings. The number of benzene rings is 3. The number of amides is 1. The summed E-state index contributed by atoms with van der Waals surface area (Å²) in [6, 6.07) is 21.2. The lowest BCUT2D eigenvalue weighted by Gasteiger charge is -2.11. The maximum atomic E-state index is 13.4. The molecule has 3 N–H and O–H groups in total. The lowest BCUT2D eigenvalue weighted by molar-refractivity contribution is 0.102. The number of aromatic nitrogens is 3. The number of fused-ring (bicyclic) bond motifs is 2. The molecular formula is C28H27N7O. The van der Waals surface area contributed by atoms with Crippen molar-refractivity contribution in [3.63, 3.8) is 0 Å². The molecule has 3 aromatic carbocycles. The van der Waals surface area contributed by atoms with Crippen molar-refractivity contribution in [1.82, 2.24) is 14.6 Å². The standard InChI is InChI=1S/C28H27N7O/c1-17-9-12-20(15-18(17)2)31-28(36)24-25-27(33-23-8-6-5-7-22(23)32-25)35(26(24)29)30-16-19-10-13-21(14-11-19)34(3)4/h5-16H,29H2,1-4H3,(H,31,36)/b30-16-. The van der Waals surface area contributed by atoms with Crippen molar-refractivity contribution >= 4 is 51.5 Å². The second-order valence-electron chi connectivity index (χ2n) is 8.94. The predicted molar refractivity (Wildman–Crippen MR) is 147 cm³/mol. The van der Waals surface area contributed by atoms with E-state index in [-0.39, 0.29) is 17.3 Å². The fourth-order valence-electron chi connectivity index (χ4n) is 3.98. The van der Waals surface area contributed by atoms with Crippen molar-refractivity contribution < 1.29 is 4.79 Å². The van der Waals surface area contributed by atoms with Gasteiger partial charge in [-0.1, -0.05) is 30.3 Å². The number of anilines is 3. The number of carbonyl (C=O) groups is 1. The Bertz CT molecular complexity index is 1630. The summed E-state index contributed by atoms with van der Waals surface area (Å²) in [4.78, 5) is 24.9. The summed E-state index contributed by atoms with van der Waals surface area (Å²) in [7, 11) is 3.98. The van der Waals surface area contributed by atoms with Gasteiger partial charge in [-0.2, -0.15) is 9.78 Å². The van der Waals surface area contributed by atoms with Gasteiger partial charge in [0, 0.05) is 25.5 Å². The number of nitrogen functional groups attached to an aromatic ring is 1. The van der Waals surface area contributed by atoms with E-state index in [4.69, 9.17) is 15.7 Å².